The maximum absolute atomic E-state index is 13.3. The van der Waals surface area contributed by atoms with Gasteiger partial charge >= 0.3 is 0 Å². The van der Waals surface area contributed by atoms with Gasteiger partial charge in [-0.3, -0.25) is 14.0 Å². The van der Waals surface area contributed by atoms with Gasteiger partial charge in [-0.15, -0.1) is 0 Å². The number of carbonyl (C=O) groups is 2. The van der Waals surface area contributed by atoms with Gasteiger partial charge in [-0.1, -0.05) is 34.1 Å². The lowest BCUT2D eigenvalue weighted by atomic mass is 9.96. The zero-order valence-corrected chi connectivity index (χ0v) is 20.8. The minimum Gasteiger partial charge on any atom is -0.505 e. The van der Waals surface area contributed by atoms with Crippen molar-refractivity contribution in [3.63, 3.8) is 0 Å². The summed E-state index contributed by atoms with van der Waals surface area (Å²) in [4.78, 5) is 34.6. The van der Waals surface area contributed by atoms with Crippen molar-refractivity contribution in [2.45, 2.75) is 26.3 Å². The molecule has 4 rings (SSSR count). The molecule has 0 unspecified atom stereocenters. The van der Waals surface area contributed by atoms with Crippen molar-refractivity contribution < 1.29 is 14.7 Å². The molecule has 1 N–H and O–H groups in total. The van der Waals surface area contributed by atoms with Crippen LogP contribution < -0.4 is 0 Å². The van der Waals surface area contributed by atoms with Gasteiger partial charge in [-0.25, -0.2) is 4.98 Å². The number of Topliss-reactive ketones (excluding diaryl/α,β-unsaturated/α-hetero) is 1. The number of imidazole rings is 1. The van der Waals surface area contributed by atoms with Gasteiger partial charge in [0.25, 0.3) is 11.7 Å². The summed E-state index contributed by atoms with van der Waals surface area (Å²) < 4.78 is 2.67. The number of amides is 1. The van der Waals surface area contributed by atoms with E-state index in [1.165, 1.54) is 0 Å². The number of benzene rings is 1. The van der Waals surface area contributed by atoms with Crippen LogP contribution in [-0.4, -0.2) is 63.2 Å². The monoisotopic (exact) mass is 510 g/mol. The summed E-state index contributed by atoms with van der Waals surface area (Å²) in [5.41, 5.74) is 3.55. The molecule has 0 saturated carbocycles. The first kappa shape index (κ1) is 23.2. The first-order valence-corrected chi connectivity index (χ1v) is 11.6. The molecule has 33 heavy (non-hydrogen) atoms. The lowest BCUT2D eigenvalue weighted by Gasteiger charge is -2.26. The van der Waals surface area contributed by atoms with E-state index in [0.717, 1.165) is 22.1 Å². The smallest absolute Gasteiger partial charge is 0.295 e. The summed E-state index contributed by atoms with van der Waals surface area (Å²) in [6.07, 6.45) is 2.51. The number of aryl methyl sites for hydroxylation is 2. The van der Waals surface area contributed by atoms with Crippen LogP contribution in [0.3, 0.4) is 0 Å². The van der Waals surface area contributed by atoms with Crippen molar-refractivity contribution in [1.29, 1.82) is 0 Å². The summed E-state index contributed by atoms with van der Waals surface area (Å²) >= 11 is 3.44. The van der Waals surface area contributed by atoms with E-state index in [-0.39, 0.29) is 11.3 Å². The summed E-state index contributed by atoms with van der Waals surface area (Å²) in [5, 5.41) is 11.5. The maximum atomic E-state index is 13.3. The number of rotatable bonds is 6. The first-order valence-electron chi connectivity index (χ1n) is 10.8. The Bertz CT molecular complexity index is 1260. The molecule has 8 heteroatoms. The normalized spacial score (nSPS) is 18.1. The molecule has 3 heterocycles. The highest BCUT2D eigenvalue weighted by molar-refractivity contribution is 9.10. The summed E-state index contributed by atoms with van der Waals surface area (Å²) in [6, 6.07) is 10.6. The molecule has 0 spiro atoms. The Balaban J connectivity index is 1.89. The Kier molecular flexibility index (Phi) is 6.41. The fourth-order valence-electron chi connectivity index (χ4n) is 4.39. The van der Waals surface area contributed by atoms with E-state index in [0.29, 0.717) is 30.0 Å². The van der Waals surface area contributed by atoms with Crippen LogP contribution in [-0.2, 0) is 9.59 Å². The Morgan fingerprint density at radius 2 is 1.85 bits per heavy atom. The van der Waals surface area contributed by atoms with Crippen LogP contribution >= 0.6 is 15.9 Å². The molecule has 7 nitrogen and oxygen atoms in total. The third-order valence-electron chi connectivity index (χ3n) is 5.97. The number of hydrogen-bond donors (Lipinski definition) is 1. The molecule has 0 radical (unpaired) electrons. The van der Waals surface area contributed by atoms with E-state index in [2.05, 4.69) is 20.9 Å². The summed E-state index contributed by atoms with van der Waals surface area (Å²) in [6.45, 7) is 4.92. The molecule has 1 aliphatic rings. The van der Waals surface area contributed by atoms with Crippen LogP contribution in [0.4, 0.5) is 0 Å². The van der Waals surface area contributed by atoms with Crippen LogP contribution in [0.15, 0.2) is 52.6 Å². The van der Waals surface area contributed by atoms with Crippen LogP contribution in [0, 0.1) is 13.8 Å². The first-order chi connectivity index (χ1) is 15.7. The van der Waals surface area contributed by atoms with Crippen molar-refractivity contribution in [3.8, 4) is 0 Å². The zero-order chi connectivity index (χ0) is 23.9. The Labute approximate surface area is 201 Å². The number of fused-ring (bicyclic) bond motifs is 1. The van der Waals surface area contributed by atoms with E-state index < -0.39 is 17.7 Å². The topological polar surface area (TPSA) is 78.1 Å². The minimum absolute atomic E-state index is 0.0959. The van der Waals surface area contributed by atoms with E-state index in [1.54, 1.807) is 22.4 Å². The molecule has 1 aromatic carbocycles. The van der Waals surface area contributed by atoms with Gasteiger partial charge in [0.2, 0.25) is 0 Å². The van der Waals surface area contributed by atoms with E-state index in [4.69, 9.17) is 0 Å². The minimum atomic E-state index is -0.674. The van der Waals surface area contributed by atoms with Gasteiger partial charge < -0.3 is 14.9 Å². The summed E-state index contributed by atoms with van der Waals surface area (Å²) in [7, 11) is 3.94. The number of carbonyl (C=O) groups excluding carboxylic acids is 2. The second-order valence-electron chi connectivity index (χ2n) is 8.63. The molecule has 2 aromatic heterocycles. The highest BCUT2D eigenvalue weighted by atomic mass is 79.9. The van der Waals surface area contributed by atoms with E-state index in [9.17, 15) is 14.7 Å². The quantitative estimate of drug-likeness (QED) is 0.307. The average Bonchev–Trinajstić information content (AvgIpc) is 3.23. The number of likely N-dealkylation sites (tertiary alicyclic amines) is 1. The number of aromatic nitrogens is 2. The third-order valence-corrected chi connectivity index (χ3v) is 6.50. The SMILES string of the molecule is Cc1nc2c(C)cccn2c1/C(O)=C1\C(=O)C(=O)N(CCCN(C)C)[C@@H]1c1ccc(Br)cc1. The van der Waals surface area contributed by atoms with Gasteiger partial charge in [0.15, 0.2) is 5.76 Å². The number of aliphatic hydroxyl groups excluding tert-OH is 1. The average molecular weight is 511 g/mol. The molecule has 1 amide bonds. The molecule has 3 aromatic rings. The number of nitrogens with zero attached hydrogens (tertiary/aromatic N) is 4. The molecule has 1 aliphatic heterocycles. The van der Waals surface area contributed by atoms with Gasteiger partial charge in [0, 0.05) is 17.2 Å². The standard InChI is InChI=1S/C25H27BrN4O3/c1-15-7-5-13-29-20(16(2)27-24(15)29)22(31)19-21(17-8-10-18(26)11-9-17)30(25(33)23(19)32)14-6-12-28(3)4/h5,7-11,13,21,31H,6,12,14H2,1-4H3/b22-19+/t21-/m1/s1. The molecule has 1 fully saturated rings. The predicted octanol–water partition coefficient (Wildman–Crippen LogP) is 4.09. The van der Waals surface area contributed by atoms with Gasteiger partial charge in [-0.05, 0) is 70.2 Å². The fourth-order valence-corrected chi connectivity index (χ4v) is 4.65. The molecule has 0 bridgehead atoms. The number of hydrogen-bond acceptors (Lipinski definition) is 5. The van der Waals surface area contributed by atoms with Crippen LogP contribution in [0.5, 0.6) is 0 Å². The maximum Gasteiger partial charge on any atom is 0.295 e. The van der Waals surface area contributed by atoms with Crippen molar-refractivity contribution >= 4 is 39.0 Å². The highest BCUT2D eigenvalue weighted by Crippen LogP contribution is 2.40. The predicted molar refractivity (Wildman–Crippen MR) is 131 cm³/mol. The third kappa shape index (κ3) is 4.20. The largest absolute Gasteiger partial charge is 0.505 e. The van der Waals surface area contributed by atoms with Crippen molar-refractivity contribution in [3.05, 3.63) is 75.2 Å². The molecule has 172 valence electrons. The van der Waals surface area contributed by atoms with Crippen molar-refractivity contribution in [2.24, 2.45) is 0 Å². The Hall–Kier alpha value is -2.97. The van der Waals surface area contributed by atoms with Crippen LogP contribution in [0.1, 0.15) is 35.0 Å². The van der Waals surface area contributed by atoms with Gasteiger partial charge in [0.1, 0.15) is 11.3 Å². The molecular formula is C25H27BrN4O3. The highest BCUT2D eigenvalue weighted by Gasteiger charge is 2.46. The van der Waals surface area contributed by atoms with Crippen LogP contribution in [0.25, 0.3) is 11.4 Å². The Morgan fingerprint density at radius 1 is 1.15 bits per heavy atom. The lowest BCUT2D eigenvalue weighted by molar-refractivity contribution is -0.139. The zero-order valence-electron chi connectivity index (χ0n) is 19.2. The molecular weight excluding hydrogens is 484 g/mol. The van der Waals surface area contributed by atoms with Crippen molar-refractivity contribution in [2.75, 3.05) is 27.2 Å². The Morgan fingerprint density at radius 3 is 2.52 bits per heavy atom. The lowest BCUT2D eigenvalue weighted by Crippen LogP contribution is -2.32. The summed E-state index contributed by atoms with van der Waals surface area (Å²) in [5.74, 6) is -1.47. The van der Waals surface area contributed by atoms with Gasteiger partial charge in [-0.2, -0.15) is 0 Å². The second kappa shape index (κ2) is 9.11. The fraction of sp³-hybridized carbons (Fsp3) is 0.320. The number of ketones is 1. The second-order valence-corrected chi connectivity index (χ2v) is 9.55. The molecule has 0 aliphatic carbocycles. The molecule has 1 saturated heterocycles. The van der Waals surface area contributed by atoms with E-state index >= 15 is 0 Å². The van der Waals surface area contributed by atoms with Crippen molar-refractivity contribution in [1.82, 2.24) is 19.2 Å². The molecule has 1 atom stereocenters. The number of aliphatic hydroxyl groups is 1. The van der Waals surface area contributed by atoms with Gasteiger partial charge in [0.05, 0.1) is 17.3 Å². The number of halogens is 1. The number of pyridine rings is 1. The van der Waals surface area contributed by atoms with E-state index in [1.807, 2.05) is 62.3 Å². The van der Waals surface area contributed by atoms with Crippen LogP contribution in [0.2, 0.25) is 0 Å².